The predicted octanol–water partition coefficient (Wildman–Crippen LogP) is 5.12. The third-order valence-electron chi connectivity index (χ3n) is 5.38. The first-order valence-electron chi connectivity index (χ1n) is 10.4. The van der Waals surface area contributed by atoms with Crippen LogP contribution in [0.5, 0.6) is 0 Å². The highest BCUT2D eigenvalue weighted by molar-refractivity contribution is 7.90. The fourth-order valence-electron chi connectivity index (χ4n) is 3.23. The number of anilines is 4. The van der Waals surface area contributed by atoms with Crippen molar-refractivity contribution in [2.45, 2.75) is 45.4 Å². The molecule has 0 spiro atoms. The number of sulfonamides is 1. The van der Waals surface area contributed by atoms with E-state index in [1.54, 1.807) is 6.20 Å². The van der Waals surface area contributed by atoms with Gasteiger partial charge in [0.2, 0.25) is 16.0 Å². The molecule has 0 saturated heterocycles. The van der Waals surface area contributed by atoms with Gasteiger partial charge in [-0.3, -0.25) is 0 Å². The van der Waals surface area contributed by atoms with E-state index in [1.807, 2.05) is 57.2 Å². The number of nitrogens with zero attached hydrogens (tertiary/aromatic N) is 2. The average molecular weight is 472 g/mol. The Labute approximate surface area is 193 Å². The second-order valence-electron chi connectivity index (χ2n) is 8.15. The second kappa shape index (κ2) is 9.05. The van der Waals surface area contributed by atoms with Crippen molar-refractivity contribution in [3.63, 3.8) is 0 Å². The third-order valence-corrected chi connectivity index (χ3v) is 7.68. The standard InChI is InChI=1S/C23H26ClN5O2S/c1-14-10-15(2)21(11-20(14)24)28-23-25-12-16(3)22(29-23)27-18-6-4-17(5-7-18)13-26-32(30,31)19-8-9-19/h4-7,10-12,19,26H,8-9,13H2,1-3H3,(H2,25,27,28,29). The maximum absolute atomic E-state index is 12.0. The predicted molar refractivity (Wildman–Crippen MR) is 129 cm³/mol. The number of rotatable bonds is 8. The third kappa shape index (κ3) is 5.38. The second-order valence-corrected chi connectivity index (χ2v) is 10.6. The normalized spacial score (nSPS) is 13.8. The van der Waals surface area contributed by atoms with Crippen molar-refractivity contribution in [2.75, 3.05) is 10.6 Å². The van der Waals surface area contributed by atoms with Gasteiger partial charge in [0.1, 0.15) is 5.82 Å². The van der Waals surface area contributed by atoms with E-state index in [0.717, 1.165) is 46.5 Å². The van der Waals surface area contributed by atoms with Crippen molar-refractivity contribution in [1.82, 2.24) is 14.7 Å². The van der Waals surface area contributed by atoms with Crippen LogP contribution >= 0.6 is 11.6 Å². The molecule has 32 heavy (non-hydrogen) atoms. The Kier molecular flexibility index (Phi) is 6.37. The van der Waals surface area contributed by atoms with E-state index in [-0.39, 0.29) is 11.8 Å². The zero-order chi connectivity index (χ0) is 22.9. The largest absolute Gasteiger partial charge is 0.340 e. The van der Waals surface area contributed by atoms with Crippen LogP contribution in [0.15, 0.2) is 42.6 Å². The van der Waals surface area contributed by atoms with Crippen LogP contribution in [-0.2, 0) is 16.6 Å². The van der Waals surface area contributed by atoms with E-state index in [0.29, 0.717) is 16.8 Å². The molecule has 1 aromatic heterocycles. The zero-order valence-corrected chi connectivity index (χ0v) is 19.8. The molecule has 168 valence electrons. The molecule has 4 rings (SSSR count). The Morgan fingerprint density at radius 3 is 2.41 bits per heavy atom. The Morgan fingerprint density at radius 1 is 1.00 bits per heavy atom. The van der Waals surface area contributed by atoms with Crippen LogP contribution in [0.1, 0.15) is 35.1 Å². The number of nitrogens with one attached hydrogen (secondary N) is 3. The minimum Gasteiger partial charge on any atom is -0.340 e. The Hall–Kier alpha value is -2.68. The molecule has 0 aliphatic heterocycles. The minimum absolute atomic E-state index is 0.216. The first-order valence-corrected chi connectivity index (χ1v) is 12.4. The summed E-state index contributed by atoms with van der Waals surface area (Å²) in [5.41, 5.74) is 5.57. The molecule has 0 radical (unpaired) electrons. The summed E-state index contributed by atoms with van der Waals surface area (Å²) in [5, 5.41) is 7.01. The van der Waals surface area contributed by atoms with Gasteiger partial charge in [-0.05, 0) is 68.5 Å². The molecule has 0 amide bonds. The summed E-state index contributed by atoms with van der Waals surface area (Å²) in [7, 11) is -3.19. The van der Waals surface area contributed by atoms with Gasteiger partial charge in [-0.2, -0.15) is 4.98 Å². The summed E-state index contributed by atoms with van der Waals surface area (Å²) < 4.78 is 26.6. The first-order chi connectivity index (χ1) is 15.2. The van der Waals surface area contributed by atoms with E-state index in [4.69, 9.17) is 11.6 Å². The van der Waals surface area contributed by atoms with Crippen molar-refractivity contribution in [3.8, 4) is 0 Å². The van der Waals surface area contributed by atoms with E-state index in [2.05, 4.69) is 25.3 Å². The molecule has 1 fully saturated rings. The summed E-state index contributed by atoms with van der Waals surface area (Å²) in [5.74, 6) is 1.15. The van der Waals surface area contributed by atoms with Gasteiger partial charge in [0.25, 0.3) is 0 Å². The molecule has 1 heterocycles. The molecule has 0 atom stereocenters. The molecule has 0 unspecified atom stereocenters. The number of hydrogen-bond donors (Lipinski definition) is 3. The Balaban J connectivity index is 1.44. The number of hydrogen-bond acceptors (Lipinski definition) is 6. The number of aryl methyl sites for hydroxylation is 3. The van der Waals surface area contributed by atoms with E-state index in [1.165, 1.54) is 0 Å². The summed E-state index contributed by atoms with van der Waals surface area (Å²) in [4.78, 5) is 8.98. The monoisotopic (exact) mass is 471 g/mol. The van der Waals surface area contributed by atoms with Gasteiger partial charge in [0.05, 0.1) is 5.25 Å². The highest BCUT2D eigenvalue weighted by atomic mass is 35.5. The fraction of sp³-hybridized carbons (Fsp3) is 0.304. The summed E-state index contributed by atoms with van der Waals surface area (Å²) in [6, 6.07) is 11.5. The molecule has 2 aromatic carbocycles. The molecule has 1 aliphatic rings. The van der Waals surface area contributed by atoms with Gasteiger partial charge in [-0.25, -0.2) is 18.1 Å². The number of halogens is 1. The maximum Gasteiger partial charge on any atom is 0.229 e. The van der Waals surface area contributed by atoms with Gasteiger partial charge in [-0.15, -0.1) is 0 Å². The lowest BCUT2D eigenvalue weighted by Crippen LogP contribution is -2.26. The summed E-state index contributed by atoms with van der Waals surface area (Å²) in [6.45, 7) is 6.20. The molecule has 9 heteroatoms. The molecule has 3 aromatic rings. The maximum atomic E-state index is 12.0. The van der Waals surface area contributed by atoms with Gasteiger partial charge in [0, 0.05) is 34.7 Å². The fourth-order valence-corrected chi connectivity index (χ4v) is 4.76. The van der Waals surface area contributed by atoms with Crippen molar-refractivity contribution in [2.24, 2.45) is 0 Å². The van der Waals surface area contributed by atoms with Crippen LogP contribution in [0.4, 0.5) is 23.1 Å². The van der Waals surface area contributed by atoms with Crippen LogP contribution in [-0.4, -0.2) is 23.6 Å². The van der Waals surface area contributed by atoms with Crippen molar-refractivity contribution >= 4 is 44.8 Å². The van der Waals surface area contributed by atoms with Crippen molar-refractivity contribution in [3.05, 3.63) is 69.9 Å². The van der Waals surface area contributed by atoms with Crippen LogP contribution in [0.2, 0.25) is 5.02 Å². The molecule has 1 aliphatic carbocycles. The van der Waals surface area contributed by atoms with E-state index >= 15 is 0 Å². The smallest absolute Gasteiger partial charge is 0.229 e. The lowest BCUT2D eigenvalue weighted by Gasteiger charge is -2.13. The Bertz CT molecular complexity index is 1240. The number of benzene rings is 2. The molecule has 1 saturated carbocycles. The van der Waals surface area contributed by atoms with Gasteiger partial charge >= 0.3 is 0 Å². The lowest BCUT2D eigenvalue weighted by atomic mass is 10.1. The van der Waals surface area contributed by atoms with E-state index < -0.39 is 10.0 Å². The highest BCUT2D eigenvalue weighted by Crippen LogP contribution is 2.28. The Morgan fingerprint density at radius 2 is 1.72 bits per heavy atom. The van der Waals surface area contributed by atoms with Crippen LogP contribution in [0.25, 0.3) is 0 Å². The average Bonchev–Trinajstić information content (AvgIpc) is 3.60. The van der Waals surface area contributed by atoms with Crippen LogP contribution < -0.4 is 15.4 Å². The lowest BCUT2D eigenvalue weighted by molar-refractivity contribution is 0.580. The van der Waals surface area contributed by atoms with Gasteiger partial charge < -0.3 is 10.6 Å². The molecule has 7 nitrogen and oxygen atoms in total. The van der Waals surface area contributed by atoms with Crippen molar-refractivity contribution in [1.29, 1.82) is 0 Å². The minimum atomic E-state index is -3.19. The molecular formula is C23H26ClN5O2S. The first kappa shape index (κ1) is 22.5. The quantitative estimate of drug-likeness (QED) is 0.421. The topological polar surface area (TPSA) is 96.0 Å². The summed E-state index contributed by atoms with van der Waals surface area (Å²) in [6.07, 6.45) is 3.26. The highest BCUT2D eigenvalue weighted by Gasteiger charge is 2.35. The van der Waals surface area contributed by atoms with E-state index in [9.17, 15) is 8.42 Å². The SMILES string of the molecule is Cc1cc(C)c(Nc2ncc(C)c(Nc3ccc(CNS(=O)(=O)C4CC4)cc3)n2)cc1Cl. The molecule has 3 N–H and O–H groups in total. The zero-order valence-electron chi connectivity index (χ0n) is 18.2. The van der Waals surface area contributed by atoms with Gasteiger partial charge in [-0.1, -0.05) is 29.8 Å². The summed E-state index contributed by atoms with van der Waals surface area (Å²) >= 11 is 6.26. The molecule has 0 bridgehead atoms. The van der Waals surface area contributed by atoms with Crippen molar-refractivity contribution < 1.29 is 8.42 Å². The van der Waals surface area contributed by atoms with Crippen LogP contribution in [0.3, 0.4) is 0 Å². The molecular weight excluding hydrogens is 446 g/mol. The van der Waals surface area contributed by atoms with Crippen LogP contribution in [0, 0.1) is 20.8 Å². The number of aromatic nitrogens is 2. The van der Waals surface area contributed by atoms with Gasteiger partial charge in [0.15, 0.2) is 0 Å².